The van der Waals surface area contributed by atoms with Crippen LogP contribution in [0.2, 0.25) is 0 Å². The molecule has 0 saturated heterocycles. The Morgan fingerprint density at radius 2 is 0.614 bits per heavy atom. The van der Waals surface area contributed by atoms with Crippen molar-refractivity contribution in [2.45, 2.75) is 0 Å². The Balaban J connectivity index is 0.000000126. The second-order valence-electron chi connectivity index (χ2n) is 19.6. The van der Waals surface area contributed by atoms with E-state index < -0.39 is 14.2 Å². The van der Waals surface area contributed by atoms with E-state index in [-0.39, 0.29) is 0 Å². The van der Waals surface area contributed by atoms with Gasteiger partial charge in [0.2, 0.25) is 0 Å². The van der Waals surface area contributed by atoms with E-state index in [4.69, 9.17) is 20.0 Å². The predicted molar refractivity (Wildman–Crippen MR) is 375 cm³/mol. The first kappa shape index (κ1) is 62.4. The van der Waals surface area contributed by atoms with Gasteiger partial charge in [0, 0.05) is 78.4 Å². The molecule has 4 N–H and O–H groups in total. The molecule has 14 aromatic rings. The fourth-order valence-electron chi connectivity index (χ4n) is 9.62. The van der Waals surface area contributed by atoms with Gasteiger partial charge in [-0.05, 0) is 186 Å². The Hall–Kier alpha value is -8.67. The molecule has 10 nitrogen and oxygen atoms in total. The van der Waals surface area contributed by atoms with Crippen molar-refractivity contribution in [2.75, 3.05) is 0 Å². The second-order valence-corrected chi connectivity index (χ2v) is 23.2. The van der Waals surface area contributed by atoms with E-state index in [9.17, 15) is 10.0 Å². The van der Waals surface area contributed by atoms with Crippen LogP contribution in [-0.2, 0) is 0 Å². The van der Waals surface area contributed by atoms with Gasteiger partial charge in [-0.25, -0.2) is 15.0 Å². The van der Waals surface area contributed by atoms with Crippen molar-refractivity contribution in [3.05, 3.63) is 310 Å². The van der Waals surface area contributed by atoms with Crippen molar-refractivity contribution >= 4 is 121 Å². The van der Waals surface area contributed by atoms with E-state index in [0.717, 1.165) is 107 Å². The van der Waals surface area contributed by atoms with E-state index in [1.807, 2.05) is 164 Å². The number of rotatable bonds is 8. The van der Waals surface area contributed by atoms with Gasteiger partial charge in [-0.15, -0.1) is 0 Å². The summed E-state index contributed by atoms with van der Waals surface area (Å²) in [5.74, 6) is 0. The average Bonchev–Trinajstić information content (AvgIpc) is 1.16. The summed E-state index contributed by atoms with van der Waals surface area (Å²) in [4.78, 5) is 25.7. The van der Waals surface area contributed by atoms with E-state index >= 15 is 0 Å². The molecule has 0 radical (unpaired) electrons. The fourth-order valence-corrected chi connectivity index (χ4v) is 10.8. The lowest BCUT2D eigenvalue weighted by Gasteiger charge is -2.17. The maximum absolute atomic E-state index is 10.1. The number of halogens is 4. The van der Waals surface area contributed by atoms with Crippen LogP contribution in [0.3, 0.4) is 0 Å². The van der Waals surface area contributed by atoms with Crippen LogP contribution in [0.1, 0.15) is 0 Å². The second kappa shape index (κ2) is 30.8. The lowest BCUT2D eigenvalue weighted by Crippen LogP contribution is -2.31. The molecule has 6 aromatic heterocycles. The number of nitrogens with zero attached hydrogens (tertiary/aromatic N) is 6. The molecular formula is C72H52B2Br4N6O4. The number of benzene rings is 8. The van der Waals surface area contributed by atoms with Gasteiger partial charge >= 0.3 is 14.2 Å². The first-order valence-electron chi connectivity index (χ1n) is 27.7. The normalized spacial score (nSPS) is 10.5. The topological polar surface area (TPSA) is 158 Å². The van der Waals surface area contributed by atoms with Crippen LogP contribution in [0.15, 0.2) is 310 Å². The van der Waals surface area contributed by atoms with Crippen LogP contribution in [0, 0.1) is 0 Å². The van der Waals surface area contributed by atoms with Gasteiger partial charge < -0.3 is 20.1 Å². The van der Waals surface area contributed by atoms with Crippen molar-refractivity contribution in [3.63, 3.8) is 0 Å². The quantitative estimate of drug-likeness (QED) is 0.0656. The summed E-state index contributed by atoms with van der Waals surface area (Å²) in [5.41, 5.74) is 13.6. The third-order valence-corrected chi connectivity index (χ3v) is 15.9. The number of pyridine rings is 6. The Morgan fingerprint density at radius 1 is 0.273 bits per heavy atom. The first-order valence-corrected chi connectivity index (χ1v) is 30.8. The Kier molecular flexibility index (Phi) is 21.8. The summed E-state index contributed by atoms with van der Waals surface area (Å²) in [6.07, 6.45) is 10.6. The number of hydrogen-bond donors (Lipinski definition) is 4. The highest BCUT2D eigenvalue weighted by Gasteiger charge is 2.22. The molecule has 0 aliphatic rings. The van der Waals surface area contributed by atoms with Crippen molar-refractivity contribution in [2.24, 2.45) is 0 Å². The van der Waals surface area contributed by atoms with Crippen molar-refractivity contribution < 1.29 is 20.1 Å². The first-order chi connectivity index (χ1) is 42.9. The van der Waals surface area contributed by atoms with E-state index in [0.29, 0.717) is 10.9 Å². The molecular weight excluding hydrogens is 1350 g/mol. The fraction of sp³-hybridized carbons (Fsp3) is 0. The van der Waals surface area contributed by atoms with Gasteiger partial charge in [-0.1, -0.05) is 187 Å². The van der Waals surface area contributed by atoms with Crippen molar-refractivity contribution in [1.29, 1.82) is 0 Å². The maximum atomic E-state index is 10.1. The van der Waals surface area contributed by atoms with Crippen molar-refractivity contribution in [1.82, 2.24) is 29.9 Å². The third kappa shape index (κ3) is 16.5. The smallest absolute Gasteiger partial charge is 0.423 e. The Bertz CT molecular complexity index is 4380. The van der Waals surface area contributed by atoms with Crippen LogP contribution >= 0.6 is 63.7 Å². The van der Waals surface area contributed by atoms with E-state index in [1.54, 1.807) is 61.4 Å². The minimum Gasteiger partial charge on any atom is -0.423 e. The number of fused-ring (bicyclic) bond motifs is 3. The molecule has 88 heavy (non-hydrogen) atoms. The summed E-state index contributed by atoms with van der Waals surface area (Å²) in [6, 6.07) is 83.6. The van der Waals surface area contributed by atoms with Crippen LogP contribution in [0.25, 0.3) is 99.7 Å². The summed E-state index contributed by atoms with van der Waals surface area (Å²) in [7, 11) is -2.89. The highest BCUT2D eigenvalue weighted by Crippen LogP contribution is 2.37. The summed E-state index contributed by atoms with van der Waals surface area (Å²) >= 11 is 13.4. The van der Waals surface area contributed by atoms with Gasteiger partial charge in [-0.2, -0.15) is 0 Å². The zero-order chi connectivity index (χ0) is 61.2. The molecule has 0 unspecified atom stereocenters. The molecule has 0 amide bonds. The zero-order valence-corrected chi connectivity index (χ0v) is 53.2. The van der Waals surface area contributed by atoms with E-state index in [1.165, 1.54) is 10.8 Å². The number of hydrogen-bond acceptors (Lipinski definition) is 10. The van der Waals surface area contributed by atoms with E-state index in [2.05, 4.69) is 150 Å². The Labute approximate surface area is 544 Å². The van der Waals surface area contributed by atoms with Gasteiger partial charge in [0.25, 0.3) is 0 Å². The maximum Gasteiger partial charge on any atom is 0.489 e. The standard InChI is InChI=1S/C24H17BO2.2C16H11BrN2.C10H7BrN2.C6H6BBrO2/c26-25(27)24-21-11-5-3-9-19(21)23(20-10-4-6-12-22(20)24)18-14-13-16-7-1-2-8-17(16)15-18;2*17-14-6-4-12(5-7-14)15-2-1-3-16(19-15)13-8-10-18-11-9-13;11-10-3-1-2-9(13-10)8-4-6-12-7-5-8;8-6-3-1-5(2-4-6)7(9)10/h1-15,26-27H;2*1-11H;1-7H;1-4,9-10H. The average molecular weight is 1410 g/mol. The summed E-state index contributed by atoms with van der Waals surface area (Å²) < 4.78 is 3.92. The molecule has 428 valence electrons. The lowest BCUT2D eigenvalue weighted by atomic mass is 9.72. The van der Waals surface area contributed by atoms with Gasteiger partial charge in [0.1, 0.15) is 4.60 Å². The monoisotopic (exact) mass is 1400 g/mol. The highest BCUT2D eigenvalue weighted by atomic mass is 79.9. The molecule has 0 spiro atoms. The molecule has 0 aliphatic heterocycles. The largest absolute Gasteiger partial charge is 0.489 e. The molecule has 0 saturated carbocycles. The SMILES string of the molecule is Brc1ccc(-c2cccc(-c3ccncc3)n2)cc1.Brc1ccc(-c2cccc(-c3ccncc3)n2)cc1.Brc1cccc(-c2ccncc2)n1.OB(O)c1c2ccccc2c(-c2ccc3ccccc3c2)c2ccccc12.OB(O)c1ccc(Br)cc1. The molecule has 0 fully saturated rings. The molecule has 16 heteroatoms. The minimum absolute atomic E-state index is 0.503. The van der Waals surface area contributed by atoms with Gasteiger partial charge in [0.15, 0.2) is 0 Å². The molecule has 0 atom stereocenters. The molecule has 6 heterocycles. The Morgan fingerprint density at radius 3 is 1.01 bits per heavy atom. The van der Waals surface area contributed by atoms with Crippen molar-refractivity contribution in [3.8, 4) is 67.4 Å². The molecule has 0 aliphatic carbocycles. The van der Waals surface area contributed by atoms with Gasteiger partial charge in [-0.3, -0.25) is 15.0 Å². The number of aromatic nitrogens is 6. The van der Waals surface area contributed by atoms with Crippen LogP contribution in [-0.4, -0.2) is 64.2 Å². The van der Waals surface area contributed by atoms with Crippen LogP contribution < -0.4 is 10.9 Å². The summed E-state index contributed by atoms with van der Waals surface area (Å²) in [6.45, 7) is 0. The third-order valence-electron chi connectivity index (χ3n) is 13.9. The summed E-state index contributed by atoms with van der Waals surface area (Å²) in [5, 5.41) is 43.6. The zero-order valence-electron chi connectivity index (χ0n) is 46.9. The van der Waals surface area contributed by atoms with Gasteiger partial charge in [0.05, 0.1) is 28.5 Å². The predicted octanol–water partition coefficient (Wildman–Crippen LogP) is 16.7. The minimum atomic E-state index is -1.52. The van der Waals surface area contributed by atoms with Crippen LogP contribution in [0.5, 0.6) is 0 Å². The van der Waals surface area contributed by atoms with Crippen LogP contribution in [0.4, 0.5) is 0 Å². The highest BCUT2D eigenvalue weighted by molar-refractivity contribution is 9.11. The lowest BCUT2D eigenvalue weighted by molar-refractivity contribution is 0.425. The molecule has 8 aromatic carbocycles. The molecule has 0 bridgehead atoms. The molecule has 14 rings (SSSR count).